The van der Waals surface area contributed by atoms with E-state index >= 15 is 0 Å². The minimum atomic E-state index is -0.702. The van der Waals surface area contributed by atoms with Crippen molar-refractivity contribution in [3.05, 3.63) is 173 Å². The van der Waals surface area contributed by atoms with Crippen molar-refractivity contribution in [3.63, 3.8) is 0 Å². The number of fused-ring (bicyclic) bond motifs is 6. The van der Waals surface area contributed by atoms with Crippen LogP contribution in [0.2, 0.25) is 0 Å². The smallest absolute Gasteiger partial charge is 0.453 e. The normalized spacial score (nSPS) is 22.4. The highest BCUT2D eigenvalue weighted by Crippen LogP contribution is 2.49. The molecule has 30 heteroatoms. The molecule has 128 heavy (non-hydrogen) atoms. The fourth-order valence-electron chi connectivity index (χ4n) is 19.5. The fourth-order valence-corrected chi connectivity index (χ4v) is 19.8. The van der Waals surface area contributed by atoms with Crippen LogP contribution in [-0.2, 0) is 47.4 Å². The number of carbonyl (C=O) groups is 8. The van der Waals surface area contributed by atoms with E-state index < -0.39 is 55.7 Å². The SMILES string of the molecule is C.C.COC(=O)N[C@@H](C)C(=O)N1CCC[C@H]1c1ncc(-c2ccc(-c3ccc4cc(C5=CN=C([C@@H]6[C@H]7CC[C@H](C7)N6C(=O)[C@@H](NC(=O)OC)C(C)C)C5)ccc4c3)cc2)[nH]1.COC(=O)N[C@@H](C)C(=O)N1CCC[C@H]1c1ncc(-c2ccc(Br)cc2)[nH]1.COC(=O)N[C@H](C(=O)N1[C@@H]2CC[C@@H](C2)[C@H]1C1=NC=C(c2ccc3cc(B4OC(C)(C)C(C)(C)O4)ccc3c2)C1)C(C)C. The number of rotatable bonds is 20. The molecular formula is C98H122BBrN14O14. The summed E-state index contributed by atoms with van der Waals surface area (Å²) >= 11 is 3.43. The van der Waals surface area contributed by atoms with Gasteiger partial charge in [-0.3, -0.25) is 29.2 Å². The van der Waals surface area contributed by atoms with Crippen LogP contribution in [0.1, 0.15) is 196 Å². The number of hydrogen-bond donors (Lipinski definition) is 6. The number of hydrogen-bond acceptors (Lipinski definition) is 18. The quantitative estimate of drug-likeness (QED) is 0.0305. The first-order valence-corrected chi connectivity index (χ1v) is 44.7. The molecule has 0 unspecified atom stereocenters. The van der Waals surface area contributed by atoms with Gasteiger partial charge in [-0.05, 0) is 231 Å². The summed E-state index contributed by atoms with van der Waals surface area (Å²) in [6.45, 7) is 20.6. The lowest BCUT2D eigenvalue weighted by Gasteiger charge is -2.38. The summed E-state index contributed by atoms with van der Waals surface area (Å²) in [7, 11) is 4.80. The number of aromatic amines is 2. The number of benzene rings is 6. The molecule has 2 aromatic heterocycles. The molecule has 2 aliphatic carbocycles. The molecule has 9 heterocycles. The number of likely N-dealkylation sites (tertiary alicyclic amines) is 4. The first-order valence-electron chi connectivity index (χ1n) is 44.0. The number of imidazole rings is 2. The van der Waals surface area contributed by atoms with Crippen LogP contribution in [0.15, 0.2) is 161 Å². The van der Waals surface area contributed by atoms with Crippen LogP contribution in [0.5, 0.6) is 0 Å². The zero-order valence-electron chi connectivity index (χ0n) is 74.1. The molecule has 5 saturated heterocycles. The Hall–Kier alpha value is -11.5. The highest BCUT2D eigenvalue weighted by molar-refractivity contribution is 9.10. The van der Waals surface area contributed by atoms with Crippen molar-refractivity contribution in [2.75, 3.05) is 41.5 Å². The molecule has 8 aromatic rings. The molecule has 12 atom stereocenters. The van der Waals surface area contributed by atoms with Gasteiger partial charge in [-0.1, -0.05) is 149 Å². The summed E-state index contributed by atoms with van der Waals surface area (Å²) in [5.74, 6) is 1.74. The summed E-state index contributed by atoms with van der Waals surface area (Å²) < 4.78 is 32.4. The molecular weight excluding hydrogens is 1690 g/mol. The van der Waals surface area contributed by atoms with Gasteiger partial charge in [0.15, 0.2) is 0 Å². The maximum absolute atomic E-state index is 14.0. The average molecular weight is 1810 g/mol. The van der Waals surface area contributed by atoms with E-state index in [9.17, 15) is 38.4 Å². The van der Waals surface area contributed by atoms with E-state index in [4.69, 9.17) is 28.8 Å². The van der Waals surface area contributed by atoms with E-state index in [1.807, 2.05) is 80.4 Å². The Bertz CT molecular complexity index is 5570. The molecule has 9 aliphatic rings. The minimum Gasteiger partial charge on any atom is -0.453 e. The molecule has 7 aliphatic heterocycles. The van der Waals surface area contributed by atoms with E-state index in [1.165, 1.54) is 28.4 Å². The topological polar surface area (TPSA) is 335 Å². The van der Waals surface area contributed by atoms with Gasteiger partial charge in [-0.25, -0.2) is 29.1 Å². The summed E-state index contributed by atoms with van der Waals surface area (Å²) in [6.07, 6.45) is 16.0. The third-order valence-corrected chi connectivity index (χ3v) is 27.5. The lowest BCUT2D eigenvalue weighted by molar-refractivity contribution is -0.138. The Morgan fingerprint density at radius 2 is 0.828 bits per heavy atom. The number of alkyl carbamates (subject to hydrolysis) is 4. The fraction of sp³-hybridized carbons (Fsp3) is 0.469. The van der Waals surface area contributed by atoms with E-state index in [1.54, 1.807) is 29.8 Å². The number of H-pyrrole nitrogens is 2. The zero-order chi connectivity index (χ0) is 89.3. The molecule has 2 saturated carbocycles. The van der Waals surface area contributed by atoms with Crippen LogP contribution in [0.25, 0.3) is 66.3 Å². The van der Waals surface area contributed by atoms with E-state index in [0.29, 0.717) is 37.8 Å². The van der Waals surface area contributed by atoms with Gasteiger partial charge < -0.3 is 79.1 Å². The molecule has 8 amide bonds. The number of methoxy groups -OCH3 is 4. The number of carbonyl (C=O) groups excluding carboxylic acids is 8. The zero-order valence-corrected chi connectivity index (χ0v) is 75.7. The molecule has 7 fully saturated rings. The van der Waals surface area contributed by atoms with Crippen LogP contribution >= 0.6 is 15.9 Å². The van der Waals surface area contributed by atoms with Crippen molar-refractivity contribution in [1.82, 2.24) is 60.8 Å². The van der Waals surface area contributed by atoms with E-state index in [2.05, 4.69) is 191 Å². The molecule has 678 valence electrons. The van der Waals surface area contributed by atoms with Gasteiger partial charge in [0.1, 0.15) is 35.8 Å². The number of ether oxygens (including phenoxy) is 4. The molecule has 0 radical (unpaired) electrons. The maximum Gasteiger partial charge on any atom is 0.494 e. The standard InChI is InChI=1S/C45H51N7O6.C33H42BN3O5.C18H21BrN4O3.2CH4/c1-25(2)39(50-45(56)58-5)43(54)52-35-17-16-33(21-35)40(52)36-22-34(23-46-36)32-15-14-30-19-29(12-13-31(30)20-32)27-8-10-28(11-9-27)37-24-47-41(49-37)38-7-6-18-51(38)42(53)26(3)48-44(55)57-4;1-19(2)28(36-31(39)40-7)30(38)37-26-13-11-23(16-26)29(37)27-17-24(18-35-27)21-8-9-22-15-25(12-10-20(22)14-21)34-41-32(3,4)33(5,6)42-34;1-11(21-18(25)26-2)17(24)23-9-3-4-15(23)16-20-10-14(22-16)12-5-7-13(19)8-6-12;;/h8-15,19-20,23-26,33,35,38-40H,6-7,16-18,21-22H2,1-5H3,(H,47,49)(H,48,55)(H,50,56);8-10,12,14-15,18-19,23,26,28-29H,11,13,16-17H2,1-7H3,(H,36,39);5-8,10-11,15H,3-4,9H2,1-2H3,(H,20,22)(H,21,25);2*1H4/t26-,33-,35+,38-,39-,40-;23-,26+,28-,29-;11-,15-;;/m000../s1. The highest BCUT2D eigenvalue weighted by Gasteiger charge is 2.55. The van der Waals surface area contributed by atoms with Crippen molar-refractivity contribution in [1.29, 1.82) is 0 Å². The number of nitrogens with one attached hydrogen (secondary N) is 6. The van der Waals surface area contributed by atoms with Gasteiger partial charge in [0.25, 0.3) is 0 Å². The Labute approximate surface area is 758 Å². The largest absolute Gasteiger partial charge is 0.494 e. The second-order valence-corrected chi connectivity index (χ2v) is 37.1. The molecule has 28 nitrogen and oxygen atoms in total. The molecule has 6 aromatic carbocycles. The second-order valence-electron chi connectivity index (χ2n) is 36.2. The average Bonchev–Trinajstić information content (AvgIpc) is 1.59. The van der Waals surface area contributed by atoms with Crippen LogP contribution in [0, 0.1) is 23.7 Å². The van der Waals surface area contributed by atoms with Gasteiger partial charge in [-0.2, -0.15) is 0 Å². The summed E-state index contributed by atoms with van der Waals surface area (Å²) in [5.41, 5.74) is 12.9. The molecule has 4 bridgehead atoms. The van der Waals surface area contributed by atoms with Crippen molar-refractivity contribution in [2.24, 2.45) is 33.7 Å². The third-order valence-electron chi connectivity index (χ3n) is 27.0. The van der Waals surface area contributed by atoms with Crippen molar-refractivity contribution in [3.8, 4) is 33.6 Å². The lowest BCUT2D eigenvalue weighted by atomic mass is 9.78. The van der Waals surface area contributed by atoms with E-state index in [0.717, 1.165) is 175 Å². The van der Waals surface area contributed by atoms with Gasteiger partial charge in [0, 0.05) is 66.3 Å². The van der Waals surface area contributed by atoms with Crippen LogP contribution in [0.3, 0.4) is 0 Å². The summed E-state index contributed by atoms with van der Waals surface area (Å²) in [6, 6.07) is 39.6. The Morgan fingerprint density at radius 3 is 1.24 bits per heavy atom. The predicted octanol–water partition coefficient (Wildman–Crippen LogP) is 16.9. The molecule has 0 spiro atoms. The number of piperidine rings is 2. The Kier molecular flexibility index (Phi) is 29.1. The lowest BCUT2D eigenvalue weighted by Crippen LogP contribution is -2.57. The maximum atomic E-state index is 14.0. The predicted molar refractivity (Wildman–Crippen MR) is 501 cm³/mol. The molecule has 17 rings (SSSR count). The number of halogens is 1. The number of allylic oxidation sites excluding steroid dienone is 2. The van der Waals surface area contributed by atoms with Crippen LogP contribution in [0.4, 0.5) is 19.2 Å². The van der Waals surface area contributed by atoms with Crippen molar-refractivity contribution >= 4 is 121 Å². The van der Waals surface area contributed by atoms with Crippen molar-refractivity contribution < 1.29 is 66.6 Å². The Morgan fingerprint density at radius 1 is 0.461 bits per heavy atom. The first kappa shape index (κ1) is 94.1. The first-order chi connectivity index (χ1) is 60.4. The van der Waals surface area contributed by atoms with Gasteiger partial charge in [-0.15, -0.1) is 0 Å². The minimum absolute atomic E-state index is 0. The third kappa shape index (κ3) is 19.7. The monoisotopic (exact) mass is 1810 g/mol. The summed E-state index contributed by atoms with van der Waals surface area (Å²) in [5, 5.41) is 15.2. The van der Waals surface area contributed by atoms with Crippen molar-refractivity contribution in [2.45, 2.75) is 233 Å². The number of amides is 8. The van der Waals surface area contributed by atoms with Crippen LogP contribution in [-0.4, -0.2) is 207 Å². The second kappa shape index (κ2) is 39.6. The summed E-state index contributed by atoms with van der Waals surface area (Å²) in [4.78, 5) is 134. The number of aromatic nitrogens is 4. The highest BCUT2D eigenvalue weighted by atomic mass is 79.9. The van der Waals surface area contributed by atoms with Crippen LogP contribution < -0.4 is 26.7 Å². The van der Waals surface area contributed by atoms with Gasteiger partial charge in [0.2, 0.25) is 23.6 Å². The molecule has 6 N–H and O–H groups in total. The number of aliphatic imine (C=N–C) groups is 2. The number of nitrogens with zero attached hydrogens (tertiary/aromatic N) is 8. The Balaban J connectivity index is 0.000000175. The van der Waals surface area contributed by atoms with E-state index in [-0.39, 0.29) is 97.8 Å². The van der Waals surface area contributed by atoms with Gasteiger partial charge in [0.05, 0.1) is 87.6 Å². The van der Waals surface area contributed by atoms with Gasteiger partial charge >= 0.3 is 31.5 Å².